The van der Waals surface area contributed by atoms with Crippen LogP contribution in [0.4, 0.5) is 5.82 Å². The van der Waals surface area contributed by atoms with Gasteiger partial charge in [0.15, 0.2) is 0 Å². The number of H-pyrrole nitrogens is 1. The van der Waals surface area contributed by atoms with Crippen LogP contribution in [0.2, 0.25) is 0 Å². The molecule has 130 valence electrons. The standard InChI is InChI=1S/C19H16N4O3/c1-26-13-8-6-12(7-9-13)10-17(24)21-16-11-18(25)22-19-20-14-4-2-3-5-15(14)23(16)19/h2-9,11H,10H2,1H3,(H,21,24)(H,20,22,25). The lowest BCUT2D eigenvalue weighted by atomic mass is 10.1. The molecule has 4 rings (SSSR count). The van der Waals surface area contributed by atoms with Crippen LogP contribution in [0.25, 0.3) is 16.8 Å². The van der Waals surface area contributed by atoms with E-state index in [4.69, 9.17) is 4.74 Å². The minimum absolute atomic E-state index is 0.185. The van der Waals surface area contributed by atoms with Crippen molar-refractivity contribution in [2.24, 2.45) is 0 Å². The zero-order chi connectivity index (χ0) is 18.1. The molecule has 0 aliphatic carbocycles. The number of nitrogens with one attached hydrogen (secondary N) is 2. The Labute approximate surface area is 148 Å². The number of para-hydroxylation sites is 2. The molecule has 7 heteroatoms. The molecule has 0 spiro atoms. The molecule has 0 atom stereocenters. The molecular weight excluding hydrogens is 332 g/mol. The topological polar surface area (TPSA) is 88.5 Å². The molecule has 0 radical (unpaired) electrons. The molecule has 0 saturated carbocycles. The molecule has 0 bridgehead atoms. The summed E-state index contributed by atoms with van der Waals surface area (Å²) in [6.07, 6.45) is 0.185. The summed E-state index contributed by atoms with van der Waals surface area (Å²) >= 11 is 0. The Kier molecular flexibility index (Phi) is 3.89. The summed E-state index contributed by atoms with van der Waals surface area (Å²) in [7, 11) is 1.59. The fraction of sp³-hybridized carbons (Fsp3) is 0.105. The van der Waals surface area contributed by atoms with Gasteiger partial charge >= 0.3 is 0 Å². The zero-order valence-corrected chi connectivity index (χ0v) is 14.0. The van der Waals surface area contributed by atoms with Gasteiger partial charge in [-0.25, -0.2) is 4.98 Å². The fourth-order valence-electron chi connectivity index (χ4n) is 2.90. The van der Waals surface area contributed by atoms with E-state index >= 15 is 0 Å². The number of methoxy groups -OCH3 is 1. The Balaban J connectivity index is 1.67. The second-order valence-electron chi connectivity index (χ2n) is 5.85. The maximum Gasteiger partial charge on any atom is 0.254 e. The van der Waals surface area contributed by atoms with Crippen molar-refractivity contribution in [2.75, 3.05) is 12.4 Å². The number of benzene rings is 2. The molecule has 0 aliphatic rings. The number of anilines is 1. The summed E-state index contributed by atoms with van der Waals surface area (Å²) in [5.74, 6) is 1.28. The minimum atomic E-state index is -0.326. The summed E-state index contributed by atoms with van der Waals surface area (Å²) in [4.78, 5) is 31.5. The van der Waals surface area contributed by atoms with Gasteiger partial charge in [0.1, 0.15) is 11.6 Å². The third kappa shape index (κ3) is 2.90. The number of fused-ring (bicyclic) bond motifs is 3. The summed E-state index contributed by atoms with van der Waals surface area (Å²) < 4.78 is 6.84. The van der Waals surface area contributed by atoms with Crippen molar-refractivity contribution >= 4 is 28.5 Å². The quantitative estimate of drug-likeness (QED) is 0.593. The Morgan fingerprint density at radius 1 is 1.19 bits per heavy atom. The van der Waals surface area contributed by atoms with Gasteiger partial charge in [-0.3, -0.25) is 19.0 Å². The highest BCUT2D eigenvalue weighted by Gasteiger charge is 2.12. The van der Waals surface area contributed by atoms with E-state index in [2.05, 4.69) is 15.3 Å². The van der Waals surface area contributed by atoms with E-state index in [1.54, 1.807) is 23.6 Å². The first kappa shape index (κ1) is 15.9. The third-order valence-corrected chi connectivity index (χ3v) is 4.10. The number of carbonyl (C=O) groups excluding carboxylic acids is 1. The van der Waals surface area contributed by atoms with Gasteiger partial charge in [0.2, 0.25) is 11.7 Å². The molecule has 0 aliphatic heterocycles. The summed E-state index contributed by atoms with van der Waals surface area (Å²) in [5.41, 5.74) is 2.06. The van der Waals surface area contributed by atoms with E-state index in [1.165, 1.54) is 6.07 Å². The first-order chi connectivity index (χ1) is 12.6. The number of nitrogens with zero attached hydrogens (tertiary/aromatic N) is 2. The number of amides is 1. The molecule has 7 nitrogen and oxygen atoms in total. The minimum Gasteiger partial charge on any atom is -0.497 e. The normalized spacial score (nSPS) is 11.0. The first-order valence-corrected chi connectivity index (χ1v) is 8.07. The van der Waals surface area contributed by atoms with Crippen molar-refractivity contribution in [3.8, 4) is 5.75 Å². The van der Waals surface area contributed by atoms with E-state index < -0.39 is 0 Å². The summed E-state index contributed by atoms with van der Waals surface area (Å²) in [6, 6.07) is 16.1. The van der Waals surface area contributed by atoms with Crippen molar-refractivity contribution in [2.45, 2.75) is 6.42 Å². The number of rotatable bonds is 4. The van der Waals surface area contributed by atoms with E-state index in [1.807, 2.05) is 36.4 Å². The number of carbonyl (C=O) groups is 1. The van der Waals surface area contributed by atoms with Gasteiger partial charge in [-0.2, -0.15) is 0 Å². The highest BCUT2D eigenvalue weighted by molar-refractivity contribution is 5.93. The largest absolute Gasteiger partial charge is 0.497 e. The lowest BCUT2D eigenvalue weighted by Gasteiger charge is -2.08. The number of hydrogen-bond donors (Lipinski definition) is 2. The molecule has 2 aromatic heterocycles. The molecule has 26 heavy (non-hydrogen) atoms. The highest BCUT2D eigenvalue weighted by Crippen LogP contribution is 2.19. The number of imidazole rings is 1. The van der Waals surface area contributed by atoms with E-state index in [0.717, 1.165) is 22.3 Å². The first-order valence-electron chi connectivity index (χ1n) is 8.07. The number of aromatic nitrogens is 3. The molecule has 0 saturated heterocycles. The van der Waals surface area contributed by atoms with E-state index in [-0.39, 0.29) is 17.9 Å². The van der Waals surface area contributed by atoms with Crippen LogP contribution in [-0.2, 0) is 11.2 Å². The van der Waals surface area contributed by atoms with Crippen LogP contribution in [0.15, 0.2) is 59.4 Å². The van der Waals surface area contributed by atoms with Gasteiger partial charge in [-0.15, -0.1) is 0 Å². The predicted molar refractivity (Wildman–Crippen MR) is 98.6 cm³/mol. The van der Waals surface area contributed by atoms with Gasteiger partial charge in [0.25, 0.3) is 5.56 Å². The molecule has 4 aromatic rings. The predicted octanol–water partition coefficient (Wildman–Crippen LogP) is 2.37. The molecule has 1 amide bonds. The zero-order valence-electron chi connectivity index (χ0n) is 14.0. The van der Waals surface area contributed by atoms with Gasteiger partial charge in [-0.05, 0) is 29.8 Å². The van der Waals surface area contributed by atoms with Gasteiger partial charge in [0, 0.05) is 6.07 Å². The van der Waals surface area contributed by atoms with Crippen LogP contribution in [0.3, 0.4) is 0 Å². The van der Waals surface area contributed by atoms with Crippen molar-refractivity contribution < 1.29 is 9.53 Å². The Morgan fingerprint density at radius 2 is 1.96 bits per heavy atom. The average Bonchev–Trinajstić information content (AvgIpc) is 3.00. The Hall–Kier alpha value is -3.61. The SMILES string of the molecule is COc1ccc(CC(=O)Nc2cc(=O)[nH]c3nc4ccccc4n23)cc1. The number of aromatic amines is 1. The van der Waals surface area contributed by atoms with E-state index in [0.29, 0.717) is 11.6 Å². The maximum atomic E-state index is 12.5. The van der Waals surface area contributed by atoms with Crippen LogP contribution in [-0.4, -0.2) is 27.4 Å². The Morgan fingerprint density at radius 3 is 2.73 bits per heavy atom. The molecule has 2 heterocycles. The van der Waals surface area contributed by atoms with Crippen molar-refractivity contribution in [1.82, 2.24) is 14.4 Å². The number of ether oxygens (including phenoxy) is 1. The van der Waals surface area contributed by atoms with Crippen LogP contribution in [0.1, 0.15) is 5.56 Å². The smallest absolute Gasteiger partial charge is 0.254 e. The van der Waals surface area contributed by atoms with Crippen molar-refractivity contribution in [3.05, 3.63) is 70.5 Å². The highest BCUT2D eigenvalue weighted by atomic mass is 16.5. The van der Waals surface area contributed by atoms with E-state index in [9.17, 15) is 9.59 Å². The van der Waals surface area contributed by atoms with Crippen LogP contribution in [0.5, 0.6) is 5.75 Å². The lowest BCUT2D eigenvalue weighted by molar-refractivity contribution is -0.115. The van der Waals surface area contributed by atoms with Gasteiger partial charge < -0.3 is 10.1 Å². The maximum absolute atomic E-state index is 12.5. The second kappa shape index (κ2) is 6.36. The summed E-state index contributed by atoms with van der Waals surface area (Å²) in [6.45, 7) is 0. The van der Waals surface area contributed by atoms with Crippen molar-refractivity contribution in [3.63, 3.8) is 0 Å². The third-order valence-electron chi connectivity index (χ3n) is 4.10. The van der Waals surface area contributed by atoms with Crippen molar-refractivity contribution in [1.29, 1.82) is 0 Å². The Bertz CT molecular complexity index is 1160. The molecule has 2 aromatic carbocycles. The summed E-state index contributed by atoms with van der Waals surface area (Å²) in [5, 5.41) is 2.81. The van der Waals surface area contributed by atoms with Gasteiger partial charge in [0.05, 0.1) is 24.6 Å². The molecule has 0 unspecified atom stereocenters. The van der Waals surface area contributed by atoms with Gasteiger partial charge in [-0.1, -0.05) is 24.3 Å². The second-order valence-corrected chi connectivity index (χ2v) is 5.85. The molecule has 0 fully saturated rings. The lowest BCUT2D eigenvalue weighted by Crippen LogP contribution is -2.19. The van der Waals surface area contributed by atoms with Crippen LogP contribution in [0, 0.1) is 0 Å². The average molecular weight is 348 g/mol. The monoisotopic (exact) mass is 348 g/mol. The molecular formula is C19H16N4O3. The number of hydrogen-bond acceptors (Lipinski definition) is 4. The van der Waals surface area contributed by atoms with Crippen LogP contribution >= 0.6 is 0 Å². The fourth-order valence-corrected chi connectivity index (χ4v) is 2.90. The molecule has 2 N–H and O–H groups in total. The van der Waals surface area contributed by atoms with Crippen LogP contribution < -0.4 is 15.6 Å².